The summed E-state index contributed by atoms with van der Waals surface area (Å²) >= 11 is 0. The minimum atomic E-state index is -0.237. The maximum Gasteiger partial charge on any atom is 0.121 e. The predicted molar refractivity (Wildman–Crippen MR) is 69.2 cm³/mol. The number of hydrogen-bond acceptors (Lipinski definition) is 2. The summed E-state index contributed by atoms with van der Waals surface area (Å²) < 4.78 is 0. The Morgan fingerprint density at radius 2 is 1.76 bits per heavy atom. The number of nitrogens with two attached hydrogens (primary N) is 1. The Bertz CT molecular complexity index is 460. The van der Waals surface area contributed by atoms with Gasteiger partial charge in [-0.1, -0.05) is 0 Å². The normalized spacial score (nSPS) is 21.8. The maximum atomic E-state index is 10.3. The minimum Gasteiger partial charge on any atom is -0.508 e. The molecular formula is C15H21NO. The van der Waals surface area contributed by atoms with Gasteiger partial charge in [-0.25, -0.2) is 0 Å². The summed E-state index contributed by atoms with van der Waals surface area (Å²) in [6.45, 7) is 2.11. The molecule has 92 valence electrons. The number of phenolic OH excluding ortho intramolecular Hbond substituents is 1. The molecule has 0 unspecified atom stereocenters. The molecule has 0 aromatic heterocycles. The summed E-state index contributed by atoms with van der Waals surface area (Å²) in [5.41, 5.74) is 11.3. The molecule has 1 aromatic carbocycles. The van der Waals surface area contributed by atoms with Gasteiger partial charge in [0.2, 0.25) is 0 Å². The molecule has 1 saturated carbocycles. The van der Waals surface area contributed by atoms with Crippen LogP contribution >= 0.6 is 0 Å². The summed E-state index contributed by atoms with van der Waals surface area (Å²) in [5, 5.41) is 10.3. The first-order valence-electron chi connectivity index (χ1n) is 6.75. The summed E-state index contributed by atoms with van der Waals surface area (Å²) in [6.07, 6.45) is 8.00. The van der Waals surface area contributed by atoms with Crippen LogP contribution in [0, 0.1) is 6.92 Å². The van der Waals surface area contributed by atoms with Gasteiger partial charge >= 0.3 is 0 Å². The second-order valence-electron chi connectivity index (χ2n) is 5.76. The predicted octanol–water partition coefficient (Wildman–Crippen LogP) is 2.92. The highest BCUT2D eigenvalue weighted by molar-refractivity contribution is 5.53. The lowest BCUT2D eigenvalue weighted by atomic mass is 9.68. The van der Waals surface area contributed by atoms with E-state index in [-0.39, 0.29) is 5.54 Å². The van der Waals surface area contributed by atoms with Crippen LogP contribution in [0.15, 0.2) is 6.07 Å². The number of fused-ring (bicyclic) bond motifs is 1. The van der Waals surface area contributed by atoms with Gasteiger partial charge in [0.1, 0.15) is 5.75 Å². The number of phenols is 1. The van der Waals surface area contributed by atoms with Crippen LogP contribution in [0.25, 0.3) is 0 Å². The van der Waals surface area contributed by atoms with Gasteiger partial charge in [-0.15, -0.1) is 0 Å². The lowest BCUT2D eigenvalue weighted by Crippen LogP contribution is -2.44. The average Bonchev–Trinajstić information content (AvgIpc) is 2.27. The van der Waals surface area contributed by atoms with E-state index in [0.29, 0.717) is 5.75 Å². The number of benzene rings is 1. The Morgan fingerprint density at radius 3 is 2.35 bits per heavy atom. The van der Waals surface area contributed by atoms with Crippen molar-refractivity contribution in [1.29, 1.82) is 0 Å². The van der Waals surface area contributed by atoms with E-state index in [4.69, 9.17) is 5.73 Å². The highest BCUT2D eigenvalue weighted by atomic mass is 16.3. The molecule has 1 fully saturated rings. The largest absolute Gasteiger partial charge is 0.508 e. The first kappa shape index (κ1) is 11.1. The fraction of sp³-hybridized carbons (Fsp3) is 0.600. The molecule has 0 spiro atoms. The molecule has 2 heteroatoms. The zero-order valence-electron chi connectivity index (χ0n) is 10.6. The van der Waals surface area contributed by atoms with E-state index in [0.717, 1.165) is 31.2 Å². The second kappa shape index (κ2) is 3.74. The molecule has 0 radical (unpaired) electrons. The smallest absolute Gasteiger partial charge is 0.121 e. The third-order valence-corrected chi connectivity index (χ3v) is 4.60. The van der Waals surface area contributed by atoms with E-state index < -0.39 is 0 Å². The van der Waals surface area contributed by atoms with Crippen molar-refractivity contribution < 1.29 is 5.11 Å². The molecular weight excluding hydrogens is 210 g/mol. The monoisotopic (exact) mass is 231 g/mol. The van der Waals surface area contributed by atoms with Crippen LogP contribution < -0.4 is 5.73 Å². The molecule has 0 amide bonds. The lowest BCUT2D eigenvalue weighted by Gasteiger charge is -2.41. The van der Waals surface area contributed by atoms with Crippen molar-refractivity contribution in [3.63, 3.8) is 0 Å². The van der Waals surface area contributed by atoms with Crippen LogP contribution in [0.5, 0.6) is 5.75 Å². The average molecular weight is 231 g/mol. The summed E-state index contributed by atoms with van der Waals surface area (Å²) in [5.74, 6) is 0.436. The van der Waals surface area contributed by atoms with Gasteiger partial charge in [-0.2, -0.15) is 0 Å². The van der Waals surface area contributed by atoms with Crippen molar-refractivity contribution in [1.82, 2.24) is 0 Å². The summed E-state index contributed by atoms with van der Waals surface area (Å²) in [4.78, 5) is 0. The highest BCUT2D eigenvalue weighted by Crippen LogP contribution is 2.47. The number of aryl methyl sites for hydroxylation is 1. The van der Waals surface area contributed by atoms with Gasteiger partial charge in [0, 0.05) is 11.1 Å². The minimum absolute atomic E-state index is 0.237. The van der Waals surface area contributed by atoms with Crippen molar-refractivity contribution >= 4 is 0 Å². The van der Waals surface area contributed by atoms with Crippen LogP contribution in [0.4, 0.5) is 0 Å². The zero-order valence-corrected chi connectivity index (χ0v) is 10.6. The van der Waals surface area contributed by atoms with Gasteiger partial charge in [-0.05, 0) is 74.6 Å². The van der Waals surface area contributed by atoms with Crippen LogP contribution in [-0.4, -0.2) is 5.11 Å². The second-order valence-corrected chi connectivity index (χ2v) is 5.76. The fourth-order valence-electron chi connectivity index (χ4n) is 3.50. The molecule has 3 N–H and O–H groups in total. The third-order valence-electron chi connectivity index (χ3n) is 4.60. The van der Waals surface area contributed by atoms with Crippen molar-refractivity contribution in [3.05, 3.63) is 28.3 Å². The highest BCUT2D eigenvalue weighted by Gasteiger charge is 2.39. The molecule has 17 heavy (non-hydrogen) atoms. The van der Waals surface area contributed by atoms with Gasteiger partial charge < -0.3 is 10.8 Å². The van der Waals surface area contributed by atoms with E-state index >= 15 is 0 Å². The van der Waals surface area contributed by atoms with Gasteiger partial charge in [0.15, 0.2) is 0 Å². The zero-order chi connectivity index (χ0) is 12.0. The molecule has 2 aliphatic carbocycles. The molecule has 0 atom stereocenters. The van der Waals surface area contributed by atoms with Crippen molar-refractivity contribution in [2.45, 2.75) is 57.4 Å². The number of hydrogen-bond donors (Lipinski definition) is 2. The Labute approximate surface area is 103 Å². The van der Waals surface area contributed by atoms with Crippen molar-refractivity contribution in [2.24, 2.45) is 5.73 Å². The fourth-order valence-corrected chi connectivity index (χ4v) is 3.50. The maximum absolute atomic E-state index is 10.3. The molecule has 2 nitrogen and oxygen atoms in total. The van der Waals surface area contributed by atoms with Crippen LogP contribution in [-0.2, 0) is 18.4 Å². The standard InChI is InChI=1S/C15H21NO/c1-10-9-13(17)14(15(16)7-4-8-15)12-6-3-2-5-11(10)12/h9,17H,2-8,16H2,1H3. The number of rotatable bonds is 1. The van der Waals surface area contributed by atoms with Crippen LogP contribution in [0.2, 0.25) is 0 Å². The van der Waals surface area contributed by atoms with E-state index in [1.165, 1.54) is 36.0 Å². The van der Waals surface area contributed by atoms with Gasteiger partial charge in [-0.3, -0.25) is 0 Å². The molecule has 1 aromatic rings. The van der Waals surface area contributed by atoms with E-state index in [2.05, 4.69) is 6.92 Å². The molecule has 3 rings (SSSR count). The first-order chi connectivity index (χ1) is 8.12. The first-order valence-corrected chi connectivity index (χ1v) is 6.75. The molecule has 0 heterocycles. The topological polar surface area (TPSA) is 46.2 Å². The third kappa shape index (κ3) is 1.58. The van der Waals surface area contributed by atoms with Gasteiger partial charge in [0.05, 0.1) is 0 Å². The van der Waals surface area contributed by atoms with Crippen molar-refractivity contribution in [3.8, 4) is 5.75 Å². The van der Waals surface area contributed by atoms with Crippen LogP contribution in [0.1, 0.15) is 54.4 Å². The lowest BCUT2D eigenvalue weighted by molar-refractivity contribution is 0.242. The van der Waals surface area contributed by atoms with E-state index in [9.17, 15) is 5.11 Å². The molecule has 0 saturated heterocycles. The SMILES string of the molecule is Cc1cc(O)c(C2(N)CCC2)c2c1CCCC2. The van der Waals surface area contributed by atoms with Crippen molar-refractivity contribution in [2.75, 3.05) is 0 Å². The summed E-state index contributed by atoms with van der Waals surface area (Å²) in [6, 6.07) is 1.92. The Balaban J connectivity index is 2.19. The Morgan fingerprint density at radius 1 is 1.12 bits per heavy atom. The molecule has 2 aliphatic rings. The quantitative estimate of drug-likeness (QED) is 0.780. The Hall–Kier alpha value is -1.02. The van der Waals surface area contributed by atoms with Gasteiger partial charge in [0.25, 0.3) is 0 Å². The summed E-state index contributed by atoms with van der Waals surface area (Å²) in [7, 11) is 0. The Kier molecular flexibility index (Phi) is 2.44. The van der Waals surface area contributed by atoms with E-state index in [1.54, 1.807) is 0 Å². The van der Waals surface area contributed by atoms with E-state index in [1.807, 2.05) is 6.07 Å². The number of aromatic hydroxyl groups is 1. The molecule has 0 aliphatic heterocycles. The van der Waals surface area contributed by atoms with Crippen LogP contribution in [0.3, 0.4) is 0 Å². The molecule has 0 bridgehead atoms.